The van der Waals surface area contributed by atoms with Gasteiger partial charge < -0.3 is 19.6 Å². The Labute approximate surface area is 116 Å². The lowest BCUT2D eigenvalue weighted by Crippen LogP contribution is -1.93. The predicted molar refractivity (Wildman–Crippen MR) is 78.9 cm³/mol. The van der Waals surface area contributed by atoms with Crippen molar-refractivity contribution < 1.29 is 9.26 Å². The molecule has 5 heteroatoms. The molecule has 0 bridgehead atoms. The molecule has 0 aliphatic carbocycles. The molecule has 2 N–H and O–H groups in total. The molecule has 1 aromatic carbocycles. The number of methoxy groups -OCH3 is 1. The van der Waals surface area contributed by atoms with Gasteiger partial charge in [0.2, 0.25) is 0 Å². The quantitative estimate of drug-likeness (QED) is 0.778. The minimum absolute atomic E-state index is 0.386. The number of ether oxygens (including phenoxy) is 1. The van der Waals surface area contributed by atoms with E-state index in [1.54, 1.807) is 13.2 Å². The molecule has 0 amide bonds. The molecule has 2 aromatic heterocycles. The van der Waals surface area contributed by atoms with Crippen LogP contribution in [-0.4, -0.2) is 16.8 Å². The monoisotopic (exact) mass is 271 g/mol. The van der Waals surface area contributed by atoms with E-state index in [1.165, 1.54) is 0 Å². The van der Waals surface area contributed by atoms with Gasteiger partial charge >= 0.3 is 0 Å². The first-order chi connectivity index (χ1) is 9.54. The van der Waals surface area contributed by atoms with Gasteiger partial charge in [0, 0.05) is 29.8 Å². The minimum atomic E-state index is 0.386. The second kappa shape index (κ2) is 4.30. The van der Waals surface area contributed by atoms with Crippen molar-refractivity contribution in [2.75, 3.05) is 12.8 Å². The maximum absolute atomic E-state index is 5.67. The van der Waals surface area contributed by atoms with Crippen LogP contribution in [0.3, 0.4) is 0 Å². The van der Waals surface area contributed by atoms with E-state index >= 15 is 0 Å². The molecule has 0 unspecified atom stereocenters. The van der Waals surface area contributed by atoms with E-state index in [2.05, 4.69) is 16.6 Å². The van der Waals surface area contributed by atoms with Gasteiger partial charge in [-0.3, -0.25) is 0 Å². The molecule has 0 aliphatic rings. The van der Waals surface area contributed by atoms with Crippen molar-refractivity contribution in [3.05, 3.63) is 29.5 Å². The molecule has 0 spiro atoms. The molecule has 3 rings (SSSR count). The second-order valence-electron chi connectivity index (χ2n) is 4.94. The Morgan fingerprint density at radius 1 is 1.30 bits per heavy atom. The van der Waals surface area contributed by atoms with Crippen LogP contribution < -0.4 is 10.5 Å². The molecule has 0 saturated carbocycles. The summed E-state index contributed by atoms with van der Waals surface area (Å²) in [5, 5.41) is 4.90. The number of nitrogens with zero attached hydrogens (tertiary/aromatic N) is 2. The Kier molecular flexibility index (Phi) is 2.71. The zero-order valence-electron chi connectivity index (χ0n) is 12.0. The van der Waals surface area contributed by atoms with Crippen molar-refractivity contribution in [2.24, 2.45) is 7.05 Å². The first-order valence-electron chi connectivity index (χ1n) is 6.39. The van der Waals surface area contributed by atoms with Gasteiger partial charge in [-0.2, -0.15) is 0 Å². The van der Waals surface area contributed by atoms with E-state index in [4.69, 9.17) is 15.0 Å². The molecule has 20 heavy (non-hydrogen) atoms. The third-order valence-corrected chi connectivity index (χ3v) is 3.79. The zero-order valence-corrected chi connectivity index (χ0v) is 12.0. The zero-order chi connectivity index (χ0) is 14.4. The van der Waals surface area contributed by atoms with Crippen molar-refractivity contribution in [1.29, 1.82) is 0 Å². The first-order valence-corrected chi connectivity index (χ1v) is 6.39. The lowest BCUT2D eigenvalue weighted by Gasteiger charge is -2.06. The number of rotatable bonds is 2. The Bertz CT molecular complexity index is 799. The molecule has 3 aromatic rings. The van der Waals surface area contributed by atoms with E-state index < -0.39 is 0 Å². The van der Waals surface area contributed by atoms with Gasteiger partial charge in [0.15, 0.2) is 11.6 Å². The predicted octanol–water partition coefficient (Wildman–Crippen LogP) is 3.04. The van der Waals surface area contributed by atoms with Crippen molar-refractivity contribution >= 4 is 16.7 Å². The van der Waals surface area contributed by atoms with Crippen LogP contribution in [0.25, 0.3) is 22.2 Å². The van der Waals surface area contributed by atoms with E-state index in [0.29, 0.717) is 11.6 Å². The number of aromatic nitrogens is 2. The van der Waals surface area contributed by atoms with Gasteiger partial charge in [-0.1, -0.05) is 11.2 Å². The van der Waals surface area contributed by atoms with Crippen LogP contribution in [0.15, 0.2) is 22.7 Å². The summed E-state index contributed by atoms with van der Waals surface area (Å²) >= 11 is 0. The molecule has 0 radical (unpaired) electrons. The Hall–Kier alpha value is -2.43. The maximum Gasteiger partial charge on any atom is 0.171 e. The van der Waals surface area contributed by atoms with Crippen LogP contribution in [0.1, 0.15) is 11.3 Å². The van der Waals surface area contributed by atoms with Crippen LogP contribution in [0.4, 0.5) is 5.82 Å². The number of nitrogen functional groups attached to an aromatic ring is 1. The van der Waals surface area contributed by atoms with Gasteiger partial charge in [-0.05, 0) is 25.5 Å². The molecular weight excluding hydrogens is 254 g/mol. The van der Waals surface area contributed by atoms with Crippen LogP contribution >= 0.6 is 0 Å². The Morgan fingerprint density at radius 3 is 2.65 bits per heavy atom. The van der Waals surface area contributed by atoms with Crippen LogP contribution in [-0.2, 0) is 7.05 Å². The molecular formula is C15H17N3O2. The summed E-state index contributed by atoms with van der Waals surface area (Å²) < 4.78 is 12.9. The van der Waals surface area contributed by atoms with Gasteiger partial charge in [-0.15, -0.1) is 0 Å². The fourth-order valence-corrected chi connectivity index (χ4v) is 2.71. The highest BCUT2D eigenvalue weighted by Crippen LogP contribution is 2.40. The van der Waals surface area contributed by atoms with Gasteiger partial charge in [0.05, 0.1) is 12.6 Å². The lowest BCUT2D eigenvalue weighted by molar-refractivity contribution is 0.417. The van der Waals surface area contributed by atoms with Crippen LogP contribution in [0.5, 0.6) is 5.75 Å². The molecule has 104 valence electrons. The fraction of sp³-hybridized carbons (Fsp3) is 0.267. The standard InChI is InChI=1S/C15H17N3O2/c1-8-5-6-10(19-4)15-13(8)14(9(2)18(15)3)11-7-12(16)17-20-11/h5-7H,1-4H3,(H2,16,17). The number of fused-ring (bicyclic) bond motifs is 1. The highest BCUT2D eigenvalue weighted by atomic mass is 16.5. The van der Waals surface area contributed by atoms with Crippen LogP contribution in [0.2, 0.25) is 0 Å². The third-order valence-electron chi connectivity index (χ3n) is 3.79. The molecule has 0 fully saturated rings. The average Bonchev–Trinajstić information content (AvgIpc) is 2.95. The lowest BCUT2D eigenvalue weighted by atomic mass is 10.0. The van der Waals surface area contributed by atoms with Crippen molar-refractivity contribution in [2.45, 2.75) is 13.8 Å². The van der Waals surface area contributed by atoms with E-state index in [9.17, 15) is 0 Å². The average molecular weight is 271 g/mol. The van der Waals surface area contributed by atoms with Crippen molar-refractivity contribution in [1.82, 2.24) is 9.72 Å². The summed E-state index contributed by atoms with van der Waals surface area (Å²) in [7, 11) is 3.70. The molecule has 0 atom stereocenters. The van der Waals surface area contributed by atoms with E-state index in [0.717, 1.165) is 33.5 Å². The normalized spacial score (nSPS) is 11.2. The highest BCUT2D eigenvalue weighted by molar-refractivity contribution is 6.02. The summed E-state index contributed by atoms with van der Waals surface area (Å²) in [6, 6.07) is 5.78. The van der Waals surface area contributed by atoms with E-state index in [1.807, 2.05) is 26.1 Å². The summed E-state index contributed by atoms with van der Waals surface area (Å²) in [5.74, 6) is 1.91. The van der Waals surface area contributed by atoms with Gasteiger partial charge in [0.25, 0.3) is 0 Å². The largest absolute Gasteiger partial charge is 0.495 e. The maximum atomic E-state index is 5.67. The summed E-state index contributed by atoms with van der Waals surface area (Å²) in [6.45, 7) is 4.12. The number of nitrogens with two attached hydrogens (primary N) is 1. The highest BCUT2D eigenvalue weighted by Gasteiger charge is 2.21. The van der Waals surface area contributed by atoms with Gasteiger partial charge in [0.1, 0.15) is 5.75 Å². The molecule has 5 nitrogen and oxygen atoms in total. The summed E-state index contributed by atoms with van der Waals surface area (Å²) in [5.41, 5.74) is 9.99. The first kappa shape index (κ1) is 12.6. The third kappa shape index (κ3) is 1.59. The topological polar surface area (TPSA) is 66.2 Å². The van der Waals surface area contributed by atoms with Crippen molar-refractivity contribution in [3.8, 4) is 17.1 Å². The molecule has 2 heterocycles. The summed E-state index contributed by atoms with van der Waals surface area (Å²) in [4.78, 5) is 0. The molecule has 0 aliphatic heterocycles. The smallest absolute Gasteiger partial charge is 0.171 e. The van der Waals surface area contributed by atoms with E-state index in [-0.39, 0.29) is 0 Å². The minimum Gasteiger partial charge on any atom is -0.495 e. The van der Waals surface area contributed by atoms with Crippen LogP contribution in [0, 0.1) is 13.8 Å². The number of benzene rings is 1. The SMILES string of the molecule is COc1ccc(C)c2c(-c3cc(N)no3)c(C)n(C)c12. The summed E-state index contributed by atoms with van der Waals surface area (Å²) in [6.07, 6.45) is 0. The molecule has 0 saturated heterocycles. The fourth-order valence-electron chi connectivity index (χ4n) is 2.71. The number of aryl methyl sites for hydroxylation is 2. The Morgan fingerprint density at radius 2 is 2.05 bits per heavy atom. The van der Waals surface area contributed by atoms with Gasteiger partial charge in [-0.25, -0.2) is 0 Å². The number of hydrogen-bond acceptors (Lipinski definition) is 4. The van der Waals surface area contributed by atoms with Crippen molar-refractivity contribution in [3.63, 3.8) is 0 Å². The number of hydrogen-bond donors (Lipinski definition) is 1. The number of anilines is 1. The second-order valence-corrected chi connectivity index (χ2v) is 4.94. The Balaban J connectivity index is 2.46.